The van der Waals surface area contributed by atoms with Crippen LogP contribution in [-0.2, 0) is 13.0 Å². The van der Waals surface area contributed by atoms with Crippen molar-refractivity contribution in [2.45, 2.75) is 32.2 Å². The van der Waals surface area contributed by atoms with Gasteiger partial charge in [-0.1, -0.05) is 18.2 Å². The van der Waals surface area contributed by atoms with Crippen LogP contribution in [-0.4, -0.2) is 48.7 Å². The zero-order chi connectivity index (χ0) is 19.9. The van der Waals surface area contributed by atoms with Crippen molar-refractivity contribution in [2.75, 3.05) is 38.1 Å². The molecule has 0 unspecified atom stereocenters. The van der Waals surface area contributed by atoms with Crippen LogP contribution in [0.3, 0.4) is 0 Å². The van der Waals surface area contributed by atoms with Gasteiger partial charge >= 0.3 is 0 Å². The summed E-state index contributed by atoms with van der Waals surface area (Å²) in [6.45, 7) is 5.03. The number of aliphatic imine (C=N–C) groups is 1. The Morgan fingerprint density at radius 3 is 2.83 bits per heavy atom. The average molecular weight is 411 g/mol. The summed E-state index contributed by atoms with van der Waals surface area (Å²) in [5.74, 6) is 0.859. The van der Waals surface area contributed by atoms with Crippen molar-refractivity contribution in [1.29, 1.82) is 0 Å². The number of hydrogen-bond acceptors (Lipinski definition) is 4. The molecule has 1 aliphatic heterocycles. The highest BCUT2D eigenvalue weighted by Gasteiger charge is 2.15. The smallest absolute Gasteiger partial charge is 0.190 e. The van der Waals surface area contributed by atoms with E-state index in [4.69, 9.17) is 4.98 Å². The van der Waals surface area contributed by atoms with Gasteiger partial charge in [-0.25, -0.2) is 4.98 Å². The molecular formula is C22H30N6S. The lowest BCUT2D eigenvalue weighted by Crippen LogP contribution is -2.39. The Balaban J connectivity index is 1.16. The van der Waals surface area contributed by atoms with Crippen molar-refractivity contribution >= 4 is 33.3 Å². The zero-order valence-electron chi connectivity index (χ0n) is 17.1. The summed E-state index contributed by atoms with van der Waals surface area (Å²) in [4.78, 5) is 11.5. The summed E-state index contributed by atoms with van der Waals surface area (Å²) >= 11 is 1.77. The Morgan fingerprint density at radius 2 is 1.97 bits per heavy atom. The number of guanidine groups is 1. The maximum Gasteiger partial charge on any atom is 0.190 e. The van der Waals surface area contributed by atoms with Gasteiger partial charge in [0, 0.05) is 63.3 Å². The van der Waals surface area contributed by atoms with E-state index in [1.807, 2.05) is 7.05 Å². The summed E-state index contributed by atoms with van der Waals surface area (Å²) in [5, 5.41) is 11.5. The van der Waals surface area contributed by atoms with Gasteiger partial charge in [0.15, 0.2) is 11.1 Å². The van der Waals surface area contributed by atoms with Gasteiger partial charge < -0.3 is 20.1 Å². The molecular weight excluding hydrogens is 380 g/mol. The summed E-state index contributed by atoms with van der Waals surface area (Å²) in [6, 6.07) is 10.7. The topological polar surface area (TPSA) is 57.5 Å². The second-order valence-corrected chi connectivity index (χ2v) is 8.25. The quantitative estimate of drug-likeness (QED) is 0.339. The predicted octanol–water partition coefficient (Wildman–Crippen LogP) is 3.50. The Morgan fingerprint density at radius 1 is 1.14 bits per heavy atom. The lowest BCUT2D eigenvalue weighted by Gasteiger charge is -2.13. The molecule has 2 aromatic heterocycles. The minimum absolute atomic E-state index is 0.838. The Labute approximate surface area is 176 Å². The number of fused-ring (bicyclic) bond motifs is 1. The molecule has 4 rings (SSSR count). The fourth-order valence-electron chi connectivity index (χ4n) is 3.79. The molecule has 0 atom stereocenters. The fourth-order valence-corrected chi connectivity index (χ4v) is 4.70. The number of para-hydroxylation sites is 1. The molecule has 29 heavy (non-hydrogen) atoms. The molecule has 7 heteroatoms. The van der Waals surface area contributed by atoms with E-state index in [0.29, 0.717) is 0 Å². The number of rotatable bonds is 8. The third-order valence-corrected chi connectivity index (χ3v) is 6.31. The van der Waals surface area contributed by atoms with Gasteiger partial charge in [-0.2, -0.15) is 0 Å². The van der Waals surface area contributed by atoms with Crippen LogP contribution in [0, 0.1) is 0 Å². The number of nitrogens with zero attached hydrogens (tertiary/aromatic N) is 4. The van der Waals surface area contributed by atoms with Crippen molar-refractivity contribution in [3.05, 3.63) is 47.6 Å². The van der Waals surface area contributed by atoms with E-state index in [1.165, 1.54) is 34.6 Å². The first kappa shape index (κ1) is 19.8. The molecule has 1 aromatic carbocycles. The van der Waals surface area contributed by atoms with E-state index in [9.17, 15) is 0 Å². The summed E-state index contributed by atoms with van der Waals surface area (Å²) in [5.41, 5.74) is 2.46. The number of hydrogen-bond donors (Lipinski definition) is 2. The fraction of sp³-hybridized carbons (Fsp3) is 0.455. The maximum atomic E-state index is 4.79. The van der Waals surface area contributed by atoms with Crippen molar-refractivity contribution in [3.63, 3.8) is 0 Å². The normalized spacial score (nSPS) is 14.7. The van der Waals surface area contributed by atoms with Crippen LogP contribution in [0.2, 0.25) is 0 Å². The predicted molar refractivity (Wildman–Crippen MR) is 123 cm³/mol. The molecule has 1 saturated heterocycles. The number of nitrogens with one attached hydrogen (secondary N) is 2. The Bertz CT molecular complexity index is 938. The molecule has 0 bridgehead atoms. The van der Waals surface area contributed by atoms with Crippen LogP contribution < -0.4 is 15.5 Å². The number of aryl methyl sites for hydroxylation is 1. The van der Waals surface area contributed by atoms with E-state index in [0.717, 1.165) is 51.5 Å². The van der Waals surface area contributed by atoms with Crippen molar-refractivity contribution in [3.8, 4) is 0 Å². The van der Waals surface area contributed by atoms with Crippen LogP contribution >= 0.6 is 11.3 Å². The highest BCUT2D eigenvalue weighted by Crippen LogP contribution is 2.24. The zero-order valence-corrected chi connectivity index (χ0v) is 17.9. The van der Waals surface area contributed by atoms with Crippen LogP contribution in [0.1, 0.15) is 25.0 Å². The highest BCUT2D eigenvalue weighted by atomic mass is 32.1. The van der Waals surface area contributed by atoms with Crippen LogP contribution in [0.5, 0.6) is 0 Å². The molecule has 0 spiro atoms. The molecule has 0 radical (unpaired) electrons. The first-order valence-electron chi connectivity index (χ1n) is 10.5. The first-order chi connectivity index (χ1) is 14.3. The number of anilines is 1. The molecule has 154 valence electrons. The third-order valence-electron chi connectivity index (χ3n) is 5.36. The van der Waals surface area contributed by atoms with E-state index in [1.54, 1.807) is 11.3 Å². The SMILES string of the molecule is CN=C(NCCCn1ccc2ccccc21)NCCc1csc(N2CCCC2)n1. The van der Waals surface area contributed by atoms with Gasteiger partial charge in [-0.15, -0.1) is 11.3 Å². The van der Waals surface area contributed by atoms with Gasteiger partial charge in [0.2, 0.25) is 0 Å². The average Bonchev–Trinajstić information content (AvgIpc) is 3.50. The summed E-state index contributed by atoms with van der Waals surface area (Å²) in [7, 11) is 1.82. The molecule has 1 fully saturated rings. The summed E-state index contributed by atoms with van der Waals surface area (Å²) in [6.07, 6.45) is 6.71. The van der Waals surface area contributed by atoms with Gasteiger partial charge in [-0.05, 0) is 36.8 Å². The molecule has 2 N–H and O–H groups in total. The van der Waals surface area contributed by atoms with Crippen LogP contribution in [0.25, 0.3) is 10.9 Å². The van der Waals surface area contributed by atoms with Gasteiger partial charge in [-0.3, -0.25) is 4.99 Å². The van der Waals surface area contributed by atoms with Gasteiger partial charge in [0.05, 0.1) is 5.69 Å². The molecule has 6 nitrogen and oxygen atoms in total. The monoisotopic (exact) mass is 410 g/mol. The molecule has 3 aromatic rings. The van der Waals surface area contributed by atoms with Gasteiger partial charge in [0.1, 0.15) is 0 Å². The van der Waals surface area contributed by atoms with Gasteiger partial charge in [0.25, 0.3) is 0 Å². The lowest BCUT2D eigenvalue weighted by atomic mass is 10.2. The maximum absolute atomic E-state index is 4.79. The van der Waals surface area contributed by atoms with Crippen molar-refractivity contribution in [1.82, 2.24) is 20.2 Å². The van der Waals surface area contributed by atoms with E-state index in [2.05, 4.69) is 67.0 Å². The molecule has 3 heterocycles. The van der Waals surface area contributed by atoms with Crippen molar-refractivity contribution in [2.24, 2.45) is 4.99 Å². The number of benzene rings is 1. The molecule has 0 amide bonds. The molecule has 0 aliphatic carbocycles. The third kappa shape index (κ3) is 5.09. The second-order valence-electron chi connectivity index (χ2n) is 7.41. The second kappa shape index (κ2) is 9.78. The largest absolute Gasteiger partial charge is 0.356 e. The van der Waals surface area contributed by atoms with Crippen LogP contribution in [0.4, 0.5) is 5.13 Å². The number of aromatic nitrogens is 2. The Kier molecular flexibility index (Phi) is 6.67. The highest BCUT2D eigenvalue weighted by molar-refractivity contribution is 7.13. The minimum atomic E-state index is 0.838. The van der Waals surface area contributed by atoms with E-state index >= 15 is 0 Å². The number of thiazole rings is 1. The summed E-state index contributed by atoms with van der Waals surface area (Å²) < 4.78 is 2.31. The molecule has 1 aliphatic rings. The lowest BCUT2D eigenvalue weighted by molar-refractivity contribution is 0.640. The Hall–Kier alpha value is -2.54. The molecule has 0 saturated carbocycles. The van der Waals surface area contributed by atoms with Crippen LogP contribution in [0.15, 0.2) is 46.9 Å². The van der Waals surface area contributed by atoms with E-state index < -0.39 is 0 Å². The van der Waals surface area contributed by atoms with Crippen molar-refractivity contribution < 1.29 is 0 Å². The standard InChI is InChI=1S/C22H30N6S/c1-23-21(24-11-6-15-27-16-10-18-7-2-3-8-20(18)27)25-12-9-19-17-29-22(26-19)28-13-4-5-14-28/h2-3,7-8,10,16-17H,4-6,9,11-15H2,1H3,(H2,23,24,25). The first-order valence-corrected chi connectivity index (χ1v) is 11.4. The van der Waals surface area contributed by atoms with E-state index in [-0.39, 0.29) is 0 Å². The minimum Gasteiger partial charge on any atom is -0.356 e.